The summed E-state index contributed by atoms with van der Waals surface area (Å²) in [4.78, 5) is 2.03. The van der Waals surface area contributed by atoms with Gasteiger partial charge >= 0.3 is 6.18 Å². The maximum atomic E-state index is 12.8. The van der Waals surface area contributed by atoms with Crippen LogP contribution < -0.4 is 4.74 Å². The molecule has 0 bridgehead atoms. The van der Waals surface area contributed by atoms with Gasteiger partial charge in [-0.25, -0.2) is 0 Å². The number of aromatic nitrogens is 4. The molecule has 0 N–H and O–H groups in total. The van der Waals surface area contributed by atoms with Crippen LogP contribution >= 0.6 is 0 Å². The second kappa shape index (κ2) is 7.97. The summed E-state index contributed by atoms with van der Waals surface area (Å²) in [6, 6.07) is 12.5. The van der Waals surface area contributed by atoms with E-state index in [0.29, 0.717) is 18.1 Å². The highest BCUT2D eigenvalue weighted by atomic mass is 19.4. The van der Waals surface area contributed by atoms with Gasteiger partial charge in [-0.05, 0) is 54.7 Å². The molecule has 1 unspecified atom stereocenters. The number of para-hydroxylation sites is 1. The largest absolute Gasteiger partial charge is 0.496 e. The van der Waals surface area contributed by atoms with Gasteiger partial charge in [-0.15, -0.1) is 5.10 Å². The van der Waals surface area contributed by atoms with E-state index in [1.54, 1.807) is 7.11 Å². The van der Waals surface area contributed by atoms with E-state index in [9.17, 15) is 13.2 Å². The van der Waals surface area contributed by atoms with Crippen LogP contribution in [0.4, 0.5) is 13.2 Å². The molecule has 1 atom stereocenters. The first-order valence-corrected chi connectivity index (χ1v) is 8.59. The lowest BCUT2D eigenvalue weighted by Crippen LogP contribution is -2.24. The van der Waals surface area contributed by atoms with Gasteiger partial charge in [-0.3, -0.25) is 4.90 Å². The summed E-state index contributed by atoms with van der Waals surface area (Å²) in [5, 5.41) is 11.6. The predicted octanol–water partition coefficient (Wildman–Crippen LogP) is 3.88. The monoisotopic (exact) mass is 391 g/mol. The number of tetrazole rings is 1. The smallest absolute Gasteiger partial charge is 0.416 e. The van der Waals surface area contributed by atoms with E-state index >= 15 is 0 Å². The molecule has 0 radical (unpaired) electrons. The number of halogens is 3. The zero-order valence-electron chi connectivity index (χ0n) is 15.7. The van der Waals surface area contributed by atoms with E-state index in [1.165, 1.54) is 16.8 Å². The Morgan fingerprint density at radius 1 is 1.11 bits per heavy atom. The fraction of sp³-hybridized carbons (Fsp3) is 0.316. The van der Waals surface area contributed by atoms with E-state index in [0.717, 1.165) is 23.4 Å². The summed E-state index contributed by atoms with van der Waals surface area (Å²) in [6.45, 7) is 2.43. The van der Waals surface area contributed by atoms with Crippen molar-refractivity contribution in [3.05, 3.63) is 65.5 Å². The number of nitrogens with zero attached hydrogens (tertiary/aromatic N) is 5. The molecule has 6 nitrogen and oxygen atoms in total. The van der Waals surface area contributed by atoms with Crippen LogP contribution in [-0.4, -0.2) is 39.3 Å². The lowest BCUT2D eigenvalue weighted by Gasteiger charge is -2.25. The molecule has 3 aromatic rings. The molecule has 148 valence electrons. The van der Waals surface area contributed by atoms with Crippen molar-refractivity contribution < 1.29 is 17.9 Å². The molecule has 0 aliphatic rings. The second-order valence-corrected chi connectivity index (χ2v) is 6.38. The minimum Gasteiger partial charge on any atom is -0.496 e. The molecule has 0 saturated heterocycles. The standard InChI is InChI=1S/C19H20F3N5O/c1-13(16-6-4-5-7-17(16)28-3)26(2)12-18-23-24-25-27(18)15-10-8-14(9-11-15)19(20,21)22/h4-11,13H,12H2,1-3H3. The fourth-order valence-electron chi connectivity index (χ4n) is 2.91. The Hall–Kier alpha value is -2.94. The number of ether oxygens (including phenoxy) is 1. The Kier molecular flexibility index (Phi) is 5.64. The van der Waals surface area contributed by atoms with Crippen LogP contribution in [0.5, 0.6) is 5.75 Å². The number of hydrogen-bond donors (Lipinski definition) is 0. The molecular formula is C19H20F3N5O. The van der Waals surface area contributed by atoms with Gasteiger partial charge in [0.15, 0.2) is 5.82 Å². The molecule has 0 amide bonds. The molecule has 28 heavy (non-hydrogen) atoms. The summed E-state index contributed by atoms with van der Waals surface area (Å²) >= 11 is 0. The van der Waals surface area contributed by atoms with Crippen molar-refractivity contribution in [3.8, 4) is 11.4 Å². The van der Waals surface area contributed by atoms with Gasteiger partial charge in [0.1, 0.15) is 5.75 Å². The van der Waals surface area contributed by atoms with Crippen LogP contribution in [0.25, 0.3) is 5.69 Å². The van der Waals surface area contributed by atoms with Gasteiger partial charge in [0.05, 0.1) is 24.9 Å². The number of rotatable bonds is 6. The predicted molar refractivity (Wildman–Crippen MR) is 97.0 cm³/mol. The number of alkyl halides is 3. The van der Waals surface area contributed by atoms with Crippen molar-refractivity contribution in [1.82, 2.24) is 25.1 Å². The van der Waals surface area contributed by atoms with Gasteiger partial charge in [-0.2, -0.15) is 17.9 Å². The molecule has 0 aliphatic carbocycles. The third kappa shape index (κ3) is 4.14. The lowest BCUT2D eigenvalue weighted by atomic mass is 10.1. The molecular weight excluding hydrogens is 371 g/mol. The highest BCUT2D eigenvalue weighted by molar-refractivity contribution is 5.36. The average Bonchev–Trinajstić information content (AvgIpc) is 3.14. The highest BCUT2D eigenvalue weighted by Crippen LogP contribution is 2.30. The van der Waals surface area contributed by atoms with E-state index in [-0.39, 0.29) is 6.04 Å². The zero-order valence-corrected chi connectivity index (χ0v) is 15.7. The molecule has 0 fully saturated rings. The first-order chi connectivity index (χ1) is 13.3. The Bertz CT molecular complexity index is 924. The minimum absolute atomic E-state index is 0.00825. The van der Waals surface area contributed by atoms with Crippen LogP contribution in [0, 0.1) is 0 Å². The fourth-order valence-corrected chi connectivity index (χ4v) is 2.91. The summed E-state index contributed by atoms with van der Waals surface area (Å²) in [7, 11) is 3.54. The van der Waals surface area contributed by atoms with Gasteiger partial charge < -0.3 is 4.74 Å². The quantitative estimate of drug-likeness (QED) is 0.638. The number of hydrogen-bond acceptors (Lipinski definition) is 5. The summed E-state index contributed by atoms with van der Waals surface area (Å²) in [5.41, 5.74) is 0.764. The highest BCUT2D eigenvalue weighted by Gasteiger charge is 2.30. The van der Waals surface area contributed by atoms with Crippen molar-refractivity contribution in [1.29, 1.82) is 0 Å². The molecule has 9 heteroatoms. The number of benzene rings is 2. The van der Waals surface area contributed by atoms with Crippen LogP contribution in [0.15, 0.2) is 48.5 Å². The molecule has 0 aliphatic heterocycles. The Balaban J connectivity index is 1.80. The van der Waals surface area contributed by atoms with Gasteiger partial charge in [-0.1, -0.05) is 18.2 Å². The van der Waals surface area contributed by atoms with Crippen LogP contribution in [0.1, 0.15) is 29.9 Å². The summed E-state index contributed by atoms with van der Waals surface area (Å²) in [6.07, 6.45) is -4.38. The Morgan fingerprint density at radius 2 is 1.79 bits per heavy atom. The first-order valence-electron chi connectivity index (χ1n) is 8.59. The van der Waals surface area contributed by atoms with E-state index in [2.05, 4.69) is 15.5 Å². The topological polar surface area (TPSA) is 56.1 Å². The van der Waals surface area contributed by atoms with Crippen molar-refractivity contribution in [2.45, 2.75) is 25.7 Å². The Morgan fingerprint density at radius 3 is 2.43 bits per heavy atom. The van der Waals surface area contributed by atoms with Crippen molar-refractivity contribution >= 4 is 0 Å². The molecule has 3 rings (SSSR count). The van der Waals surface area contributed by atoms with Crippen molar-refractivity contribution in [2.75, 3.05) is 14.2 Å². The molecule has 1 aromatic heterocycles. The van der Waals surface area contributed by atoms with Crippen LogP contribution in [0.3, 0.4) is 0 Å². The SMILES string of the molecule is COc1ccccc1C(C)N(C)Cc1nnnn1-c1ccc(C(F)(F)F)cc1. The van der Waals surface area contributed by atoms with Crippen molar-refractivity contribution in [2.24, 2.45) is 0 Å². The van der Waals surface area contributed by atoms with Crippen molar-refractivity contribution in [3.63, 3.8) is 0 Å². The zero-order chi connectivity index (χ0) is 20.3. The van der Waals surface area contributed by atoms with Gasteiger partial charge in [0.2, 0.25) is 0 Å². The summed E-state index contributed by atoms with van der Waals surface area (Å²) in [5.74, 6) is 1.30. The summed E-state index contributed by atoms with van der Waals surface area (Å²) < 4.78 is 45.1. The molecule has 1 heterocycles. The molecule has 0 spiro atoms. The maximum absolute atomic E-state index is 12.8. The minimum atomic E-state index is -4.38. The first kappa shape index (κ1) is 19.8. The average molecular weight is 391 g/mol. The second-order valence-electron chi connectivity index (χ2n) is 6.38. The van der Waals surface area contributed by atoms with E-state index in [1.807, 2.05) is 43.1 Å². The maximum Gasteiger partial charge on any atom is 0.416 e. The molecule has 2 aromatic carbocycles. The number of methoxy groups -OCH3 is 1. The van der Waals surface area contributed by atoms with Gasteiger partial charge in [0.25, 0.3) is 0 Å². The van der Waals surface area contributed by atoms with E-state index < -0.39 is 11.7 Å². The third-order valence-electron chi connectivity index (χ3n) is 4.61. The van der Waals surface area contributed by atoms with E-state index in [4.69, 9.17) is 4.74 Å². The molecule has 0 saturated carbocycles. The van der Waals surface area contributed by atoms with Gasteiger partial charge in [0, 0.05) is 11.6 Å². The van der Waals surface area contributed by atoms with Crippen LogP contribution in [0.2, 0.25) is 0 Å². The van der Waals surface area contributed by atoms with Crippen LogP contribution in [-0.2, 0) is 12.7 Å². The normalized spacial score (nSPS) is 13.0. The third-order valence-corrected chi connectivity index (χ3v) is 4.61. The lowest BCUT2D eigenvalue weighted by molar-refractivity contribution is -0.137. The Labute approximate surface area is 160 Å².